The van der Waals surface area contributed by atoms with Crippen molar-refractivity contribution in [3.63, 3.8) is 0 Å². The highest BCUT2D eigenvalue weighted by Crippen LogP contribution is 2.59. The predicted molar refractivity (Wildman–Crippen MR) is 363 cm³/mol. The van der Waals surface area contributed by atoms with Crippen LogP contribution in [0.2, 0.25) is 0 Å². The summed E-state index contributed by atoms with van der Waals surface area (Å²) < 4.78 is 73.9. The van der Waals surface area contributed by atoms with Crippen LogP contribution in [0.25, 0.3) is 0 Å². The first-order valence-electron chi connectivity index (χ1n) is 26.1. The zero-order valence-corrected chi connectivity index (χ0v) is 58.7. The van der Waals surface area contributed by atoms with E-state index in [-0.39, 0.29) is 58.4 Å². The Morgan fingerprint density at radius 2 is 1.36 bits per heavy atom. The number of amides is 1. The van der Waals surface area contributed by atoms with Crippen LogP contribution in [0.5, 0.6) is 0 Å². The summed E-state index contributed by atoms with van der Waals surface area (Å²) in [5, 5.41) is 6.20. The lowest BCUT2D eigenvalue weighted by Crippen LogP contribution is -2.50. The Kier molecular flexibility index (Phi) is 22.3. The van der Waals surface area contributed by atoms with Gasteiger partial charge in [0.1, 0.15) is 0 Å². The van der Waals surface area contributed by atoms with Gasteiger partial charge in [-0.3, -0.25) is 23.6 Å². The number of Topliss-reactive ketones (excluding diaryl/α,β-unsaturated/α-hetero) is 1. The fraction of sp³-hybridized carbons (Fsp3) is 0.474. The van der Waals surface area contributed by atoms with Gasteiger partial charge in [-0.15, -0.1) is 0 Å². The van der Waals surface area contributed by atoms with E-state index in [2.05, 4.69) is 220 Å². The van der Waals surface area contributed by atoms with Crippen LogP contribution in [0, 0.1) is 27.3 Å². The molecule has 2 fully saturated rings. The number of allylic oxidation sites excluding steroid dienone is 10. The minimum absolute atomic E-state index is 0.126. The molecule has 0 aromatic heterocycles. The van der Waals surface area contributed by atoms with Gasteiger partial charge in [0.2, 0.25) is 5.91 Å². The monoisotopic (exact) mass is 1760 g/mol. The molecule has 12 nitrogen and oxygen atoms in total. The van der Waals surface area contributed by atoms with Crippen molar-refractivity contribution in [2.45, 2.75) is 141 Å². The topological polar surface area (TPSA) is 173 Å². The summed E-state index contributed by atoms with van der Waals surface area (Å²) in [5.74, 6) is -0.0572. The van der Waals surface area contributed by atoms with Gasteiger partial charge in [0.25, 0.3) is 20.2 Å². The maximum absolute atomic E-state index is 14.2. The molecule has 3 aromatic rings. The third-order valence-corrected chi connectivity index (χ3v) is 27.9. The number of carbonyl (C=O) groups is 2. The molecule has 4 atom stereocenters. The first kappa shape index (κ1) is 63.8. The van der Waals surface area contributed by atoms with E-state index in [9.17, 15) is 35.5 Å². The zero-order chi connectivity index (χ0) is 56.4. The summed E-state index contributed by atoms with van der Waals surface area (Å²) in [7, 11) is -8.22. The fourth-order valence-corrected chi connectivity index (χ4v) is 18.9. The molecule has 4 unspecified atom stereocenters. The van der Waals surface area contributed by atoms with Crippen LogP contribution in [0.3, 0.4) is 0 Å². The molecule has 1 amide bonds. The van der Waals surface area contributed by atoms with Crippen LogP contribution in [-0.4, -0.2) is 85.3 Å². The lowest BCUT2D eigenvalue weighted by molar-refractivity contribution is -0.125. The van der Waals surface area contributed by atoms with E-state index in [4.69, 9.17) is 0 Å². The minimum atomic E-state index is -4.17. The lowest BCUT2D eigenvalue weighted by atomic mass is 9.64. The van der Waals surface area contributed by atoms with Crippen LogP contribution >= 0.6 is 136 Å². The number of unbranched alkanes of at least 4 members (excludes halogenated alkanes) is 1. The Labute approximate surface area is 538 Å². The van der Waals surface area contributed by atoms with Crippen molar-refractivity contribution in [2.24, 2.45) is 5.92 Å². The number of rotatable bonds is 20. The number of anilines is 3. The molecule has 2 aliphatic heterocycles. The first-order chi connectivity index (χ1) is 36.2. The van der Waals surface area contributed by atoms with Crippen LogP contribution < -0.4 is 15.5 Å². The molecular weight excluding hydrogens is 1690 g/mol. The van der Waals surface area contributed by atoms with Gasteiger partial charge in [-0.05, 0) is 285 Å². The van der Waals surface area contributed by atoms with Gasteiger partial charge in [0, 0.05) is 86.0 Å². The van der Waals surface area contributed by atoms with Crippen molar-refractivity contribution in [3.8, 4) is 0 Å². The second kappa shape index (κ2) is 26.9. The highest BCUT2D eigenvalue weighted by atomic mass is 127. The van der Waals surface area contributed by atoms with Gasteiger partial charge in [-0.2, -0.15) is 16.8 Å². The molecule has 418 valence electrons. The quantitative estimate of drug-likeness (QED) is 0.0279. The third-order valence-electron chi connectivity index (χ3n) is 16.1. The molecule has 20 heteroatoms. The van der Waals surface area contributed by atoms with Crippen LogP contribution in [-0.2, 0) is 40.7 Å². The molecule has 77 heavy (non-hydrogen) atoms. The summed E-state index contributed by atoms with van der Waals surface area (Å²) in [4.78, 5) is 30.5. The molecule has 3 aromatic carbocycles. The Hall–Kier alpha value is -0.740. The zero-order valence-electron chi connectivity index (χ0n) is 44.1. The first-order valence-corrected chi connectivity index (χ1v) is 35.8. The Balaban J connectivity index is 1.15. The molecule has 1 saturated heterocycles. The Bertz CT molecular complexity index is 3130. The van der Waals surface area contributed by atoms with E-state index in [1.807, 2.05) is 49.4 Å². The summed E-state index contributed by atoms with van der Waals surface area (Å²) >= 11 is 14.7. The van der Waals surface area contributed by atoms with Crippen molar-refractivity contribution in [3.05, 3.63) is 134 Å². The Morgan fingerprint density at radius 1 is 0.779 bits per heavy atom. The standard InChI is InChI=1S/C57H68I6N4O8S2/c1-34-41(16-12-13-30-76(70,71)72)43(56(5,6)49-42(34)32-44(58)51(60)53(49)62)17-10-8-7-9-11-19-48-57(50-47(33-45(59)52(61)54(50)63)67(48)29-15-31-77(73,74)75)26-24-38(25-27-57)36(3)66-28-14-18-46(66)55(69)35(2)64-39-20-22-40(23-21-39)65-37(4)68/h7-11,17,19-23,32-36,38,46,64H,12-16,18,24-31H2,1-6H3,(H,65,68)(H,70,71,72)(H,73,74,75). The van der Waals surface area contributed by atoms with Crippen molar-refractivity contribution in [1.82, 2.24) is 4.90 Å². The van der Waals surface area contributed by atoms with Crippen LogP contribution in [0.4, 0.5) is 17.1 Å². The van der Waals surface area contributed by atoms with Crippen molar-refractivity contribution >= 4 is 185 Å². The highest BCUT2D eigenvalue weighted by molar-refractivity contribution is 14.1. The fourth-order valence-electron chi connectivity index (χ4n) is 12.4. The van der Waals surface area contributed by atoms with E-state index >= 15 is 0 Å². The van der Waals surface area contributed by atoms with Gasteiger partial charge >= 0.3 is 0 Å². The smallest absolute Gasteiger partial charge is 0.264 e. The highest BCUT2D eigenvalue weighted by Gasteiger charge is 2.52. The second-order valence-corrected chi connectivity index (χ2v) is 31.2. The summed E-state index contributed by atoms with van der Waals surface area (Å²) in [6.07, 6.45) is 22.1. The number of nitrogens with zero attached hydrogens (tertiary/aromatic N) is 2. The van der Waals surface area contributed by atoms with E-state index in [1.54, 1.807) is 0 Å². The number of hydrogen-bond acceptors (Lipinski definition) is 9. The number of likely N-dealkylation sites (tertiary alicyclic amines) is 1. The van der Waals surface area contributed by atoms with Crippen molar-refractivity contribution in [1.29, 1.82) is 0 Å². The van der Waals surface area contributed by atoms with Gasteiger partial charge in [-0.1, -0.05) is 62.8 Å². The van der Waals surface area contributed by atoms with Gasteiger partial charge in [0.05, 0.1) is 23.6 Å². The summed E-state index contributed by atoms with van der Waals surface area (Å²) in [5.41, 5.74) is 9.47. The molecule has 2 aliphatic carbocycles. The molecule has 4 aliphatic rings. The normalized spacial score (nSPS) is 21.9. The van der Waals surface area contributed by atoms with Crippen molar-refractivity contribution in [2.75, 3.05) is 40.1 Å². The number of hydrogen-bond donors (Lipinski definition) is 4. The van der Waals surface area contributed by atoms with Crippen LogP contribution in [0.15, 0.2) is 95.8 Å². The average molecular weight is 1760 g/mol. The Morgan fingerprint density at radius 3 is 2.00 bits per heavy atom. The molecular formula is C57H68I6N4O8S2. The summed E-state index contributed by atoms with van der Waals surface area (Å²) in [6.45, 7) is 13.8. The van der Waals surface area contributed by atoms with Crippen LogP contribution in [0.1, 0.15) is 128 Å². The number of carbonyl (C=O) groups excluding carboxylic acids is 2. The molecule has 4 N–H and O–H groups in total. The average Bonchev–Trinajstić information content (AvgIpc) is 4.10. The largest absolute Gasteiger partial charge is 0.375 e. The molecule has 0 radical (unpaired) electrons. The number of benzene rings is 3. The molecule has 2 heterocycles. The van der Waals surface area contributed by atoms with Crippen molar-refractivity contribution < 1.29 is 35.5 Å². The van der Waals surface area contributed by atoms with E-state index in [1.165, 1.54) is 52.6 Å². The lowest BCUT2D eigenvalue weighted by Gasteiger charge is -2.44. The van der Waals surface area contributed by atoms with Gasteiger partial charge in [-0.25, -0.2) is 0 Å². The molecule has 7 rings (SSSR count). The number of ketones is 1. The molecule has 1 spiro atoms. The van der Waals surface area contributed by atoms with Gasteiger partial charge < -0.3 is 15.5 Å². The number of nitrogens with one attached hydrogen (secondary N) is 2. The van der Waals surface area contributed by atoms with E-state index in [0.29, 0.717) is 37.4 Å². The molecule has 1 saturated carbocycles. The maximum Gasteiger partial charge on any atom is 0.264 e. The third kappa shape index (κ3) is 15.0. The van der Waals surface area contributed by atoms with Gasteiger partial charge in [0.15, 0.2) is 5.78 Å². The number of fused-ring (bicyclic) bond motifs is 3. The minimum Gasteiger partial charge on any atom is -0.375 e. The second-order valence-electron chi connectivity index (χ2n) is 21.4. The summed E-state index contributed by atoms with van der Waals surface area (Å²) in [6, 6.07) is 11.6. The predicted octanol–water partition coefficient (Wildman–Crippen LogP) is 14.7. The molecule has 0 bridgehead atoms. The van der Waals surface area contributed by atoms with E-state index in [0.717, 1.165) is 65.7 Å². The number of halogens is 6. The maximum atomic E-state index is 14.2. The SMILES string of the molecule is CC(=O)Nc1ccc(NC(C)C(=O)C2CCCN2C(C)C2CCC3(CC2)C(=CC=CC=CC=CC2=C(CCCCS(=O)(=O)O)C(C)c4cc(I)c(I)c(I)c4C2(C)C)N(CCCS(=O)(=O)O)c2cc(I)c(I)c(I)c23)cc1. The van der Waals surface area contributed by atoms with E-state index < -0.39 is 26.3 Å².